The Bertz CT molecular complexity index is 1430. The summed E-state index contributed by atoms with van der Waals surface area (Å²) in [6.45, 7) is 1.84. The summed E-state index contributed by atoms with van der Waals surface area (Å²) >= 11 is 0. The Hall–Kier alpha value is -3.94. The largest absolute Gasteiger partial charge is 0.449 e. The lowest BCUT2D eigenvalue weighted by atomic mass is 9.88. The van der Waals surface area contributed by atoms with Crippen molar-refractivity contribution in [3.8, 4) is 0 Å². The third kappa shape index (κ3) is 3.55. The minimum atomic E-state index is -4.62. The molecule has 1 amide bonds. The Labute approximate surface area is 189 Å². The monoisotopic (exact) mass is 475 g/mol. The normalized spacial score (nSPS) is 21.4. The number of alkyl halides is 3. The summed E-state index contributed by atoms with van der Waals surface area (Å²) in [6, 6.07) is 3.61. The van der Waals surface area contributed by atoms with Crippen LogP contribution in [-0.4, -0.2) is 64.1 Å². The van der Waals surface area contributed by atoms with Gasteiger partial charge in [-0.25, -0.2) is 9.97 Å². The molecular formula is C20H20F3N9O2. The van der Waals surface area contributed by atoms with Gasteiger partial charge < -0.3 is 31.0 Å². The molecule has 14 heteroatoms. The number of carbonyl (C=O) groups excluding carboxylic acids is 1. The molecule has 0 spiro atoms. The molecule has 0 bridgehead atoms. The fourth-order valence-electron chi connectivity index (χ4n) is 4.42. The average Bonchev–Trinajstić information content (AvgIpc) is 3.36. The van der Waals surface area contributed by atoms with Crippen LogP contribution in [0.4, 0.5) is 24.9 Å². The predicted octanol–water partition coefficient (Wildman–Crippen LogP) is 1.72. The fraction of sp³-hybridized carbons (Fsp3) is 0.350. The van der Waals surface area contributed by atoms with E-state index in [4.69, 9.17) is 11.5 Å². The molecule has 1 aromatic carbocycles. The number of halogens is 3. The fourth-order valence-corrected chi connectivity index (χ4v) is 4.42. The number of carbonyl (C=O) groups is 1. The van der Waals surface area contributed by atoms with Crippen molar-refractivity contribution in [3.63, 3.8) is 0 Å². The number of nitrogens with zero attached hydrogens (tertiary/aromatic N) is 6. The highest BCUT2D eigenvalue weighted by atomic mass is 19.4. The number of H-pyrrole nitrogens is 1. The Morgan fingerprint density at radius 2 is 2.03 bits per heavy atom. The van der Waals surface area contributed by atoms with Gasteiger partial charge in [0.05, 0.1) is 29.9 Å². The Balaban J connectivity index is 1.40. The maximum Gasteiger partial charge on any atom is 0.449 e. The number of rotatable bonds is 2. The summed E-state index contributed by atoms with van der Waals surface area (Å²) in [5, 5.41) is 11.2. The molecule has 0 radical (unpaired) electrons. The minimum absolute atomic E-state index is 0.0260. The number of β-amino-alcohol motifs (C(OH)–C–C–N with tert-alkyl or cyclic N) is 1. The molecule has 1 fully saturated rings. The van der Waals surface area contributed by atoms with Crippen LogP contribution in [0.25, 0.3) is 22.2 Å². The van der Waals surface area contributed by atoms with Gasteiger partial charge in [0, 0.05) is 12.1 Å². The topological polar surface area (TPSA) is 165 Å². The average molecular weight is 475 g/mol. The number of hydrogen-bond donors (Lipinski definition) is 4. The van der Waals surface area contributed by atoms with Gasteiger partial charge in [0.2, 0.25) is 11.8 Å². The molecule has 4 heterocycles. The smallest absolute Gasteiger partial charge is 0.386 e. The molecule has 0 unspecified atom stereocenters. The molecule has 11 nitrogen and oxygen atoms in total. The third-order valence-corrected chi connectivity index (χ3v) is 5.99. The number of benzene rings is 1. The van der Waals surface area contributed by atoms with E-state index in [1.807, 2.05) is 0 Å². The van der Waals surface area contributed by atoms with Crippen molar-refractivity contribution < 1.29 is 23.1 Å². The number of aliphatic hydroxyl groups is 1. The number of likely N-dealkylation sites (tertiary alicyclic amines) is 1. The van der Waals surface area contributed by atoms with Crippen LogP contribution in [0.15, 0.2) is 24.5 Å². The van der Waals surface area contributed by atoms with E-state index in [1.165, 1.54) is 29.4 Å². The van der Waals surface area contributed by atoms with Crippen LogP contribution >= 0.6 is 0 Å². The lowest BCUT2D eigenvalue weighted by molar-refractivity contribution is -0.144. The van der Waals surface area contributed by atoms with Crippen molar-refractivity contribution in [2.75, 3.05) is 24.6 Å². The SMILES string of the molecule is C[C@@]1(O)CN(C(=O)c2ccc3nc(C(F)(F)F)[nH]c3c2)CC[C@H]1n1cnc2c(N)nc(N)nc21. The van der Waals surface area contributed by atoms with Gasteiger partial charge >= 0.3 is 6.18 Å². The number of piperidine rings is 1. The number of imidazole rings is 2. The van der Waals surface area contributed by atoms with E-state index in [0.29, 0.717) is 17.6 Å². The van der Waals surface area contributed by atoms with E-state index >= 15 is 0 Å². The van der Waals surface area contributed by atoms with Crippen LogP contribution in [0.2, 0.25) is 0 Å². The van der Waals surface area contributed by atoms with E-state index in [9.17, 15) is 23.1 Å². The molecule has 1 aliphatic heterocycles. The Morgan fingerprint density at radius 1 is 1.26 bits per heavy atom. The number of fused-ring (bicyclic) bond motifs is 2. The summed E-state index contributed by atoms with van der Waals surface area (Å²) in [6.07, 6.45) is -2.77. The molecule has 6 N–H and O–H groups in total. The lowest BCUT2D eigenvalue weighted by Gasteiger charge is -2.43. The highest BCUT2D eigenvalue weighted by molar-refractivity contribution is 5.97. The van der Waals surface area contributed by atoms with Crippen molar-refractivity contribution >= 4 is 39.9 Å². The number of anilines is 2. The molecule has 4 aromatic rings. The molecular weight excluding hydrogens is 455 g/mol. The number of nitrogen functional groups attached to an aromatic ring is 2. The van der Waals surface area contributed by atoms with Gasteiger partial charge in [-0.15, -0.1) is 0 Å². The van der Waals surface area contributed by atoms with Gasteiger partial charge in [0.15, 0.2) is 11.5 Å². The second kappa shape index (κ2) is 7.28. The molecule has 3 aromatic heterocycles. The summed E-state index contributed by atoms with van der Waals surface area (Å²) in [7, 11) is 0. The molecule has 5 rings (SSSR count). The molecule has 1 aliphatic rings. The van der Waals surface area contributed by atoms with E-state index in [2.05, 4.69) is 24.9 Å². The molecule has 34 heavy (non-hydrogen) atoms. The molecule has 0 aliphatic carbocycles. The van der Waals surface area contributed by atoms with Gasteiger partial charge in [0.1, 0.15) is 11.1 Å². The maximum atomic E-state index is 13.1. The predicted molar refractivity (Wildman–Crippen MR) is 115 cm³/mol. The van der Waals surface area contributed by atoms with Crippen molar-refractivity contribution in [2.45, 2.75) is 31.2 Å². The summed E-state index contributed by atoms with van der Waals surface area (Å²) in [5.74, 6) is -1.46. The van der Waals surface area contributed by atoms with E-state index in [0.717, 1.165) is 0 Å². The van der Waals surface area contributed by atoms with Gasteiger partial charge in [-0.1, -0.05) is 0 Å². The first kappa shape index (κ1) is 21.9. The number of amides is 1. The third-order valence-electron chi connectivity index (χ3n) is 5.99. The maximum absolute atomic E-state index is 13.1. The zero-order valence-corrected chi connectivity index (χ0v) is 17.8. The van der Waals surface area contributed by atoms with Crippen molar-refractivity contribution in [1.82, 2.24) is 34.4 Å². The van der Waals surface area contributed by atoms with Gasteiger partial charge in [-0.3, -0.25) is 4.79 Å². The quantitative estimate of drug-likeness (QED) is 0.340. The lowest BCUT2D eigenvalue weighted by Crippen LogP contribution is -2.54. The first-order chi connectivity index (χ1) is 15.9. The van der Waals surface area contributed by atoms with Crippen molar-refractivity contribution in [1.29, 1.82) is 0 Å². The molecule has 1 saturated heterocycles. The van der Waals surface area contributed by atoms with Gasteiger partial charge in [0.25, 0.3) is 5.91 Å². The standard InChI is InChI=1S/C20H20F3N9O2/c1-19(34)7-31(5-4-12(19)32-8-26-13-14(24)29-18(25)30-15(13)32)16(33)9-2-3-10-11(6-9)28-17(27-10)20(21,22)23/h2-3,6,8,12,34H,4-5,7H2,1H3,(H,27,28)(H4,24,25,29,30)/t12-,19-/m1/s1. The summed E-state index contributed by atoms with van der Waals surface area (Å²) in [5.41, 5.74) is 11.3. The Morgan fingerprint density at radius 3 is 2.74 bits per heavy atom. The number of aromatic nitrogens is 6. The van der Waals surface area contributed by atoms with Crippen molar-refractivity contribution in [3.05, 3.63) is 35.9 Å². The van der Waals surface area contributed by atoms with Crippen molar-refractivity contribution in [2.24, 2.45) is 0 Å². The number of hydrogen-bond acceptors (Lipinski definition) is 8. The molecule has 178 valence electrons. The number of nitrogens with one attached hydrogen (secondary N) is 1. The van der Waals surface area contributed by atoms with Crippen LogP contribution < -0.4 is 11.5 Å². The van der Waals surface area contributed by atoms with E-state index in [1.54, 1.807) is 11.5 Å². The minimum Gasteiger partial charge on any atom is -0.386 e. The first-order valence-corrected chi connectivity index (χ1v) is 10.3. The second-order valence-corrected chi connectivity index (χ2v) is 8.49. The number of nitrogens with two attached hydrogens (primary N) is 2. The highest BCUT2D eigenvalue weighted by Crippen LogP contribution is 2.35. The van der Waals surface area contributed by atoms with E-state index < -0.39 is 29.6 Å². The van der Waals surface area contributed by atoms with Crippen LogP contribution in [0.1, 0.15) is 35.6 Å². The van der Waals surface area contributed by atoms with Gasteiger partial charge in [-0.05, 0) is 31.5 Å². The van der Waals surface area contributed by atoms with Gasteiger partial charge in [-0.2, -0.15) is 23.1 Å². The van der Waals surface area contributed by atoms with Crippen LogP contribution in [0.3, 0.4) is 0 Å². The highest BCUT2D eigenvalue weighted by Gasteiger charge is 2.42. The second-order valence-electron chi connectivity index (χ2n) is 8.49. The molecule has 2 atom stereocenters. The van der Waals surface area contributed by atoms with Crippen LogP contribution in [-0.2, 0) is 6.18 Å². The Kier molecular flexibility index (Phi) is 4.69. The first-order valence-electron chi connectivity index (χ1n) is 10.3. The zero-order chi connectivity index (χ0) is 24.4. The molecule has 0 saturated carbocycles. The number of aromatic amines is 1. The zero-order valence-electron chi connectivity index (χ0n) is 17.8. The summed E-state index contributed by atoms with van der Waals surface area (Å²) in [4.78, 5) is 32.6. The van der Waals surface area contributed by atoms with Crippen LogP contribution in [0.5, 0.6) is 0 Å². The summed E-state index contributed by atoms with van der Waals surface area (Å²) < 4.78 is 40.5. The van der Waals surface area contributed by atoms with E-state index in [-0.39, 0.29) is 41.5 Å². The van der Waals surface area contributed by atoms with Crippen LogP contribution in [0, 0.1) is 0 Å².